The number of primary amides is 1. The SMILES string of the molecule is CCC(C)(C)NC(=O)C(c1c[nH]c2ccccc12)N(C(=O)c1snc(C(N)=O)c1N)c1cc(C)ccc1OC. The summed E-state index contributed by atoms with van der Waals surface area (Å²) in [5.41, 5.74) is 13.3. The van der Waals surface area contributed by atoms with E-state index >= 15 is 0 Å². The molecule has 2 heterocycles. The summed E-state index contributed by atoms with van der Waals surface area (Å²) in [6, 6.07) is 11.7. The highest BCUT2D eigenvalue weighted by atomic mass is 32.1. The number of benzene rings is 2. The van der Waals surface area contributed by atoms with E-state index in [0.717, 1.165) is 28.0 Å². The fourth-order valence-electron chi connectivity index (χ4n) is 4.30. The minimum atomic E-state index is -1.14. The number of fused-ring (bicyclic) bond motifs is 1. The number of carbonyl (C=O) groups is 3. The number of anilines is 2. The summed E-state index contributed by atoms with van der Waals surface area (Å²) < 4.78 is 9.67. The Morgan fingerprint density at radius 1 is 1.21 bits per heavy atom. The molecule has 0 aliphatic heterocycles. The van der Waals surface area contributed by atoms with Gasteiger partial charge in [-0.2, -0.15) is 4.37 Å². The van der Waals surface area contributed by atoms with Gasteiger partial charge in [-0.05, 0) is 62.5 Å². The molecule has 0 fully saturated rings. The molecule has 11 heteroatoms. The molecule has 0 bridgehead atoms. The molecule has 0 radical (unpaired) electrons. The first-order valence-electron chi connectivity index (χ1n) is 12.4. The zero-order valence-electron chi connectivity index (χ0n) is 22.5. The van der Waals surface area contributed by atoms with E-state index in [2.05, 4.69) is 14.7 Å². The number of nitrogen functional groups attached to an aromatic ring is 1. The highest BCUT2D eigenvalue weighted by Crippen LogP contribution is 2.40. The van der Waals surface area contributed by atoms with Crippen LogP contribution in [0, 0.1) is 6.92 Å². The van der Waals surface area contributed by atoms with Gasteiger partial charge in [0, 0.05) is 28.2 Å². The number of rotatable bonds is 9. The number of carbonyl (C=O) groups excluding carboxylic acids is 3. The smallest absolute Gasteiger partial charge is 0.273 e. The molecule has 0 saturated carbocycles. The number of aromatic amines is 1. The largest absolute Gasteiger partial charge is 0.495 e. The van der Waals surface area contributed by atoms with Crippen LogP contribution in [0.5, 0.6) is 5.75 Å². The third-order valence-corrected chi connectivity index (χ3v) is 7.59. The summed E-state index contributed by atoms with van der Waals surface area (Å²) in [7, 11) is 1.49. The lowest BCUT2D eigenvalue weighted by atomic mass is 9.97. The number of methoxy groups -OCH3 is 1. The molecule has 1 atom stereocenters. The molecular weight excluding hydrogens is 516 g/mol. The summed E-state index contributed by atoms with van der Waals surface area (Å²) in [4.78, 5) is 45.1. The molecule has 39 heavy (non-hydrogen) atoms. The summed E-state index contributed by atoms with van der Waals surface area (Å²) in [6.45, 7) is 7.67. The number of aromatic nitrogens is 2. The molecule has 6 N–H and O–H groups in total. The quantitative estimate of drug-likeness (QED) is 0.244. The lowest BCUT2D eigenvalue weighted by Crippen LogP contribution is -2.50. The second-order valence-electron chi connectivity index (χ2n) is 9.91. The molecular formula is C28H32N6O4S. The number of hydrogen-bond acceptors (Lipinski definition) is 7. The van der Waals surface area contributed by atoms with Crippen LogP contribution < -0.4 is 26.4 Å². The molecule has 0 aliphatic carbocycles. The van der Waals surface area contributed by atoms with E-state index in [1.807, 2.05) is 58.0 Å². The van der Waals surface area contributed by atoms with Crippen molar-refractivity contribution in [3.05, 3.63) is 70.4 Å². The van der Waals surface area contributed by atoms with Crippen LogP contribution in [0.1, 0.15) is 64.5 Å². The second kappa shape index (κ2) is 10.8. The fourth-order valence-corrected chi connectivity index (χ4v) is 5.04. The van der Waals surface area contributed by atoms with Crippen LogP contribution in [0.25, 0.3) is 10.9 Å². The zero-order valence-corrected chi connectivity index (χ0v) is 23.3. The number of hydrogen-bond donors (Lipinski definition) is 4. The first kappa shape index (κ1) is 27.6. The minimum absolute atomic E-state index is 0.0141. The molecule has 10 nitrogen and oxygen atoms in total. The Bertz CT molecular complexity index is 1560. The lowest BCUT2D eigenvalue weighted by Gasteiger charge is -2.35. The van der Waals surface area contributed by atoms with Gasteiger partial charge in [-0.15, -0.1) is 0 Å². The monoisotopic (exact) mass is 548 g/mol. The molecule has 204 valence electrons. The Morgan fingerprint density at radius 2 is 1.92 bits per heavy atom. The highest BCUT2D eigenvalue weighted by Gasteiger charge is 2.39. The predicted octanol–water partition coefficient (Wildman–Crippen LogP) is 4.32. The molecule has 0 aliphatic rings. The van der Waals surface area contributed by atoms with Crippen molar-refractivity contribution in [2.24, 2.45) is 5.73 Å². The average molecular weight is 549 g/mol. The molecule has 0 spiro atoms. The lowest BCUT2D eigenvalue weighted by molar-refractivity contribution is -0.124. The average Bonchev–Trinajstić information content (AvgIpc) is 3.50. The van der Waals surface area contributed by atoms with E-state index in [9.17, 15) is 14.4 Å². The predicted molar refractivity (Wildman–Crippen MR) is 153 cm³/mol. The number of ether oxygens (including phenoxy) is 1. The van der Waals surface area contributed by atoms with Crippen molar-refractivity contribution in [3.63, 3.8) is 0 Å². The molecule has 4 rings (SSSR count). The number of H-pyrrole nitrogens is 1. The van der Waals surface area contributed by atoms with Gasteiger partial charge in [-0.3, -0.25) is 19.3 Å². The molecule has 3 amide bonds. The first-order valence-corrected chi connectivity index (χ1v) is 13.2. The molecule has 1 unspecified atom stereocenters. The van der Waals surface area contributed by atoms with Gasteiger partial charge in [0.1, 0.15) is 16.7 Å². The van der Waals surface area contributed by atoms with Gasteiger partial charge in [0.25, 0.3) is 11.8 Å². The Labute approximate surface area is 230 Å². The normalized spacial score (nSPS) is 12.2. The zero-order chi connectivity index (χ0) is 28.5. The van der Waals surface area contributed by atoms with Crippen LogP contribution in [0.3, 0.4) is 0 Å². The molecule has 2 aromatic carbocycles. The Kier molecular flexibility index (Phi) is 7.64. The number of para-hydroxylation sites is 1. The highest BCUT2D eigenvalue weighted by molar-refractivity contribution is 7.09. The van der Waals surface area contributed by atoms with Crippen molar-refractivity contribution < 1.29 is 19.1 Å². The maximum absolute atomic E-state index is 14.4. The summed E-state index contributed by atoms with van der Waals surface area (Å²) in [5, 5.41) is 3.87. The topological polar surface area (TPSA) is 156 Å². The van der Waals surface area contributed by atoms with Crippen LogP contribution in [-0.2, 0) is 4.79 Å². The van der Waals surface area contributed by atoms with Crippen molar-refractivity contribution in [1.29, 1.82) is 0 Å². The molecule has 2 aromatic heterocycles. The number of nitrogens with two attached hydrogens (primary N) is 2. The third-order valence-electron chi connectivity index (χ3n) is 6.74. The van der Waals surface area contributed by atoms with Gasteiger partial charge >= 0.3 is 0 Å². The van der Waals surface area contributed by atoms with Crippen molar-refractivity contribution in [2.45, 2.75) is 45.7 Å². The summed E-state index contributed by atoms with van der Waals surface area (Å²) in [6.07, 6.45) is 2.38. The summed E-state index contributed by atoms with van der Waals surface area (Å²) >= 11 is 0.754. The minimum Gasteiger partial charge on any atom is -0.495 e. The molecule has 4 aromatic rings. The van der Waals surface area contributed by atoms with Crippen LogP contribution in [0.2, 0.25) is 0 Å². The van der Waals surface area contributed by atoms with Gasteiger partial charge in [0.2, 0.25) is 5.91 Å². The maximum atomic E-state index is 14.4. The van der Waals surface area contributed by atoms with Crippen LogP contribution in [-0.4, -0.2) is 39.7 Å². The van der Waals surface area contributed by atoms with E-state index in [0.29, 0.717) is 23.4 Å². The Hall–Kier alpha value is -4.38. The van der Waals surface area contributed by atoms with Crippen LogP contribution in [0.15, 0.2) is 48.7 Å². The number of amides is 3. The second-order valence-corrected chi connectivity index (χ2v) is 10.7. The van der Waals surface area contributed by atoms with Crippen molar-refractivity contribution >= 4 is 51.5 Å². The Morgan fingerprint density at radius 3 is 2.56 bits per heavy atom. The summed E-state index contributed by atoms with van der Waals surface area (Å²) in [5.74, 6) is -1.50. The van der Waals surface area contributed by atoms with Gasteiger partial charge in [0.05, 0.1) is 18.5 Å². The maximum Gasteiger partial charge on any atom is 0.273 e. The standard InChI is InChI=1S/C28H32N6O4S/c1-6-28(3,4)32-26(36)23(17-14-31-18-10-8-7-9-16(17)18)34(19-13-15(2)11-12-20(19)38-5)27(37)24-21(29)22(25(30)35)33-39-24/h7-14,23,31H,6,29H2,1-5H3,(H2,30,35)(H,32,36). The van der Waals surface area contributed by atoms with E-state index in [1.165, 1.54) is 12.0 Å². The first-order chi connectivity index (χ1) is 18.5. The van der Waals surface area contributed by atoms with Crippen molar-refractivity contribution in [2.75, 3.05) is 17.7 Å². The van der Waals surface area contributed by atoms with Crippen molar-refractivity contribution in [3.8, 4) is 5.75 Å². The number of nitrogens with one attached hydrogen (secondary N) is 2. The number of aryl methyl sites for hydroxylation is 1. The van der Waals surface area contributed by atoms with Crippen LogP contribution in [0.4, 0.5) is 11.4 Å². The van der Waals surface area contributed by atoms with Gasteiger partial charge in [-0.25, -0.2) is 0 Å². The fraction of sp³-hybridized carbons (Fsp3) is 0.286. The Balaban J connectivity index is 2.02. The van der Waals surface area contributed by atoms with E-state index in [-0.39, 0.29) is 16.3 Å². The van der Waals surface area contributed by atoms with E-state index in [4.69, 9.17) is 16.2 Å². The van der Waals surface area contributed by atoms with Crippen LogP contribution >= 0.6 is 11.5 Å². The van der Waals surface area contributed by atoms with Gasteiger partial charge in [-0.1, -0.05) is 31.2 Å². The van der Waals surface area contributed by atoms with E-state index < -0.39 is 29.3 Å². The van der Waals surface area contributed by atoms with Gasteiger partial charge < -0.3 is 26.5 Å². The van der Waals surface area contributed by atoms with Crippen molar-refractivity contribution in [1.82, 2.24) is 14.7 Å². The number of nitrogens with zero attached hydrogens (tertiary/aromatic N) is 2. The van der Waals surface area contributed by atoms with Gasteiger partial charge in [0.15, 0.2) is 5.69 Å². The van der Waals surface area contributed by atoms with E-state index in [1.54, 1.807) is 18.3 Å². The molecule has 0 saturated heterocycles. The third kappa shape index (κ3) is 5.30.